The Bertz CT molecular complexity index is 923. The summed E-state index contributed by atoms with van der Waals surface area (Å²) in [6.07, 6.45) is 0.0742. The zero-order valence-electron chi connectivity index (χ0n) is 12.8. The maximum Gasteiger partial charge on any atom is 0.230 e. The molecule has 2 amide bonds. The highest BCUT2D eigenvalue weighted by Gasteiger charge is 2.10. The smallest absolute Gasteiger partial charge is 0.230 e. The largest absolute Gasteiger partial charge is 0.326 e. The fraction of sp³-hybridized carbons (Fsp3) is 0.118. The lowest BCUT2D eigenvalue weighted by Crippen LogP contribution is -2.14. The number of fused-ring (bicyclic) bond motifs is 1. The fourth-order valence-corrected chi connectivity index (χ4v) is 3.18. The minimum Gasteiger partial charge on any atom is -0.326 e. The quantitative estimate of drug-likeness (QED) is 0.761. The van der Waals surface area contributed by atoms with Gasteiger partial charge in [0, 0.05) is 12.6 Å². The molecule has 0 fully saturated rings. The van der Waals surface area contributed by atoms with Crippen molar-refractivity contribution in [2.24, 2.45) is 0 Å². The van der Waals surface area contributed by atoms with Gasteiger partial charge in [-0.1, -0.05) is 23.5 Å². The van der Waals surface area contributed by atoms with Crippen LogP contribution < -0.4 is 10.6 Å². The summed E-state index contributed by atoms with van der Waals surface area (Å²) in [4.78, 5) is 27.5. The molecule has 0 aliphatic carbocycles. The third-order valence-electron chi connectivity index (χ3n) is 3.21. The molecule has 1 heterocycles. The van der Waals surface area contributed by atoms with Gasteiger partial charge in [0.25, 0.3) is 0 Å². The Morgan fingerprint density at radius 1 is 1.17 bits per heavy atom. The van der Waals surface area contributed by atoms with Gasteiger partial charge in [-0.05, 0) is 35.9 Å². The number of hydrogen-bond acceptors (Lipinski definition) is 4. The molecule has 0 saturated heterocycles. The number of rotatable bonds is 4. The molecule has 0 spiro atoms. The Hall–Kier alpha value is -2.80. The molecule has 0 bridgehead atoms. The van der Waals surface area contributed by atoms with Gasteiger partial charge in [0.05, 0.1) is 16.6 Å². The van der Waals surface area contributed by atoms with Crippen LogP contribution in [-0.4, -0.2) is 16.8 Å². The number of carbonyl (C=O) groups excluding carboxylic acids is 2. The molecule has 0 radical (unpaired) electrons. The average molecular weight is 343 g/mol. The zero-order valence-corrected chi connectivity index (χ0v) is 13.6. The van der Waals surface area contributed by atoms with Crippen LogP contribution in [0.4, 0.5) is 15.2 Å². The van der Waals surface area contributed by atoms with Crippen LogP contribution in [0.1, 0.15) is 12.5 Å². The van der Waals surface area contributed by atoms with Crippen LogP contribution in [0.3, 0.4) is 0 Å². The van der Waals surface area contributed by atoms with Crippen molar-refractivity contribution in [2.75, 3.05) is 10.6 Å². The second kappa shape index (κ2) is 6.76. The molecule has 24 heavy (non-hydrogen) atoms. The van der Waals surface area contributed by atoms with Crippen LogP contribution >= 0.6 is 11.3 Å². The number of carbonyl (C=O) groups is 2. The van der Waals surface area contributed by atoms with Crippen molar-refractivity contribution in [1.82, 2.24) is 4.98 Å². The van der Waals surface area contributed by atoms with Gasteiger partial charge in [0.15, 0.2) is 5.13 Å². The second-order valence-electron chi connectivity index (χ2n) is 5.24. The van der Waals surface area contributed by atoms with Crippen LogP contribution in [0.15, 0.2) is 42.5 Å². The molecule has 0 atom stereocenters. The van der Waals surface area contributed by atoms with Crippen LogP contribution in [0.25, 0.3) is 10.2 Å². The average Bonchev–Trinajstić information content (AvgIpc) is 2.87. The van der Waals surface area contributed by atoms with E-state index in [1.54, 1.807) is 30.3 Å². The van der Waals surface area contributed by atoms with E-state index in [4.69, 9.17) is 0 Å². The van der Waals surface area contributed by atoms with E-state index in [0.29, 0.717) is 16.4 Å². The van der Waals surface area contributed by atoms with Crippen molar-refractivity contribution < 1.29 is 14.0 Å². The number of aromatic nitrogens is 1. The van der Waals surface area contributed by atoms with Crippen molar-refractivity contribution in [3.63, 3.8) is 0 Å². The first-order chi connectivity index (χ1) is 11.5. The fourth-order valence-electron chi connectivity index (χ4n) is 2.25. The normalized spacial score (nSPS) is 10.6. The molecule has 0 saturated carbocycles. The van der Waals surface area contributed by atoms with Crippen molar-refractivity contribution in [3.05, 3.63) is 53.8 Å². The SMILES string of the molecule is CC(=O)Nc1ccc2nc(NC(=O)Cc3cccc(F)c3)sc2c1. The molecule has 5 nitrogen and oxygen atoms in total. The lowest BCUT2D eigenvalue weighted by Gasteiger charge is -2.01. The monoisotopic (exact) mass is 343 g/mol. The topological polar surface area (TPSA) is 71.1 Å². The maximum absolute atomic E-state index is 13.1. The number of nitrogens with zero attached hydrogens (tertiary/aromatic N) is 1. The number of hydrogen-bond donors (Lipinski definition) is 2. The van der Waals surface area contributed by atoms with Gasteiger partial charge in [-0.3, -0.25) is 9.59 Å². The van der Waals surface area contributed by atoms with Gasteiger partial charge in [-0.2, -0.15) is 0 Å². The number of nitrogens with one attached hydrogen (secondary N) is 2. The molecule has 2 N–H and O–H groups in total. The third kappa shape index (κ3) is 3.94. The summed E-state index contributed by atoms with van der Waals surface area (Å²) >= 11 is 1.31. The van der Waals surface area contributed by atoms with Crippen molar-refractivity contribution in [2.45, 2.75) is 13.3 Å². The Labute approximate surface area is 141 Å². The van der Waals surface area contributed by atoms with E-state index >= 15 is 0 Å². The summed E-state index contributed by atoms with van der Waals surface area (Å²) in [5.41, 5.74) is 2.01. The molecule has 122 valence electrons. The molecule has 3 rings (SSSR count). The van der Waals surface area contributed by atoms with Gasteiger partial charge in [-0.15, -0.1) is 0 Å². The van der Waals surface area contributed by atoms with Crippen LogP contribution in [0.2, 0.25) is 0 Å². The Morgan fingerprint density at radius 2 is 2.00 bits per heavy atom. The molecule has 1 aromatic heterocycles. The minimum atomic E-state index is -0.370. The number of anilines is 2. The number of thiazole rings is 1. The van der Waals surface area contributed by atoms with Gasteiger partial charge in [0.2, 0.25) is 11.8 Å². The van der Waals surface area contributed by atoms with Gasteiger partial charge < -0.3 is 10.6 Å². The first kappa shape index (κ1) is 16.1. The summed E-state index contributed by atoms with van der Waals surface area (Å²) < 4.78 is 14.0. The standard InChI is InChI=1S/C17H14FN3O2S/c1-10(22)19-13-5-6-14-15(9-13)24-17(20-14)21-16(23)8-11-3-2-4-12(18)7-11/h2-7,9H,8H2,1H3,(H,19,22)(H,20,21,23). The number of benzene rings is 2. The van der Waals surface area contributed by atoms with Crippen LogP contribution in [0.5, 0.6) is 0 Å². The molecule has 0 unspecified atom stereocenters. The molecule has 0 aliphatic rings. The van der Waals surface area contributed by atoms with E-state index in [-0.39, 0.29) is 24.1 Å². The van der Waals surface area contributed by atoms with E-state index in [2.05, 4.69) is 15.6 Å². The van der Waals surface area contributed by atoms with Gasteiger partial charge >= 0.3 is 0 Å². The summed E-state index contributed by atoms with van der Waals surface area (Å²) in [6.45, 7) is 1.44. The van der Waals surface area contributed by atoms with E-state index in [1.807, 2.05) is 0 Å². The van der Waals surface area contributed by atoms with Crippen molar-refractivity contribution in [1.29, 1.82) is 0 Å². The highest BCUT2D eigenvalue weighted by atomic mass is 32.1. The summed E-state index contributed by atoms with van der Waals surface area (Å²) in [5, 5.41) is 5.88. The molecular weight excluding hydrogens is 329 g/mol. The lowest BCUT2D eigenvalue weighted by atomic mass is 10.1. The molecule has 2 aromatic carbocycles. The molecule has 7 heteroatoms. The minimum absolute atomic E-state index is 0.0742. The van der Waals surface area contributed by atoms with Gasteiger partial charge in [-0.25, -0.2) is 9.37 Å². The number of halogens is 1. The lowest BCUT2D eigenvalue weighted by molar-refractivity contribution is -0.116. The first-order valence-electron chi connectivity index (χ1n) is 7.22. The molecule has 0 aliphatic heterocycles. The molecule has 3 aromatic rings. The van der Waals surface area contributed by atoms with Crippen LogP contribution in [-0.2, 0) is 16.0 Å². The van der Waals surface area contributed by atoms with E-state index in [0.717, 1.165) is 10.2 Å². The zero-order chi connectivity index (χ0) is 17.1. The van der Waals surface area contributed by atoms with Crippen molar-refractivity contribution in [3.8, 4) is 0 Å². The van der Waals surface area contributed by atoms with E-state index in [1.165, 1.54) is 30.4 Å². The highest BCUT2D eigenvalue weighted by molar-refractivity contribution is 7.22. The Kier molecular flexibility index (Phi) is 4.52. The predicted molar refractivity (Wildman–Crippen MR) is 92.7 cm³/mol. The van der Waals surface area contributed by atoms with E-state index < -0.39 is 0 Å². The summed E-state index contributed by atoms with van der Waals surface area (Å²) in [7, 11) is 0. The second-order valence-corrected chi connectivity index (χ2v) is 6.27. The van der Waals surface area contributed by atoms with Crippen LogP contribution in [0, 0.1) is 5.82 Å². The Balaban J connectivity index is 1.72. The summed E-state index contributed by atoms with van der Waals surface area (Å²) in [5.74, 6) is -0.782. The number of amides is 2. The van der Waals surface area contributed by atoms with E-state index in [9.17, 15) is 14.0 Å². The van der Waals surface area contributed by atoms with Gasteiger partial charge in [0.1, 0.15) is 5.82 Å². The highest BCUT2D eigenvalue weighted by Crippen LogP contribution is 2.28. The Morgan fingerprint density at radius 3 is 2.75 bits per heavy atom. The molecular formula is C17H14FN3O2S. The first-order valence-corrected chi connectivity index (χ1v) is 8.04. The predicted octanol–water partition coefficient (Wildman–Crippen LogP) is 3.58. The van der Waals surface area contributed by atoms with Crippen molar-refractivity contribution >= 4 is 44.2 Å². The maximum atomic E-state index is 13.1. The third-order valence-corrected chi connectivity index (χ3v) is 4.14. The summed E-state index contributed by atoms with van der Waals surface area (Å²) in [6, 6.07) is 11.3.